The van der Waals surface area contributed by atoms with Gasteiger partial charge in [0.15, 0.2) is 0 Å². The lowest BCUT2D eigenvalue weighted by molar-refractivity contribution is -0.122. The number of carbonyl (C=O) groups excluding carboxylic acids is 1. The summed E-state index contributed by atoms with van der Waals surface area (Å²) in [5.41, 5.74) is 1.16. The van der Waals surface area contributed by atoms with E-state index >= 15 is 0 Å². The van der Waals surface area contributed by atoms with Crippen LogP contribution in [0.3, 0.4) is 0 Å². The molecule has 0 radical (unpaired) electrons. The molecule has 1 amide bonds. The Labute approximate surface area is 110 Å². The first-order valence-corrected chi connectivity index (χ1v) is 6.81. The van der Waals surface area contributed by atoms with Crippen molar-refractivity contribution >= 4 is 5.91 Å². The second-order valence-corrected chi connectivity index (χ2v) is 4.68. The fourth-order valence-corrected chi connectivity index (χ4v) is 1.73. The summed E-state index contributed by atoms with van der Waals surface area (Å²) in [5.74, 6) is 0.0808. The maximum atomic E-state index is 11.8. The van der Waals surface area contributed by atoms with E-state index in [0.717, 1.165) is 31.6 Å². The average molecular weight is 251 g/mol. The molecule has 0 fully saturated rings. The van der Waals surface area contributed by atoms with E-state index in [-0.39, 0.29) is 11.9 Å². The SMILES string of the molecule is CCCNCc1cccn1CC(=O)NC(C)CC. The van der Waals surface area contributed by atoms with Crippen LogP contribution in [0.2, 0.25) is 0 Å². The number of nitrogens with one attached hydrogen (secondary N) is 2. The van der Waals surface area contributed by atoms with Gasteiger partial charge in [-0.3, -0.25) is 4.79 Å². The third kappa shape index (κ3) is 4.92. The molecule has 1 heterocycles. The molecule has 0 aliphatic carbocycles. The molecular formula is C14H25N3O. The first-order valence-electron chi connectivity index (χ1n) is 6.81. The quantitative estimate of drug-likeness (QED) is 0.693. The van der Waals surface area contributed by atoms with E-state index in [9.17, 15) is 4.79 Å². The lowest BCUT2D eigenvalue weighted by Gasteiger charge is -2.13. The predicted octanol–water partition coefficient (Wildman–Crippen LogP) is 1.90. The zero-order valence-corrected chi connectivity index (χ0v) is 11.7. The highest BCUT2D eigenvalue weighted by Crippen LogP contribution is 2.02. The Morgan fingerprint density at radius 3 is 2.89 bits per heavy atom. The lowest BCUT2D eigenvalue weighted by atomic mass is 10.2. The highest BCUT2D eigenvalue weighted by atomic mass is 16.2. The highest BCUT2D eigenvalue weighted by molar-refractivity contribution is 5.76. The van der Waals surface area contributed by atoms with Crippen LogP contribution >= 0.6 is 0 Å². The molecule has 0 aromatic carbocycles. The van der Waals surface area contributed by atoms with Crippen molar-refractivity contribution in [3.05, 3.63) is 24.0 Å². The molecule has 4 heteroatoms. The van der Waals surface area contributed by atoms with Crippen LogP contribution in [0.4, 0.5) is 0 Å². The van der Waals surface area contributed by atoms with E-state index in [1.54, 1.807) is 0 Å². The van der Waals surface area contributed by atoms with Gasteiger partial charge >= 0.3 is 0 Å². The molecule has 2 N–H and O–H groups in total. The van der Waals surface area contributed by atoms with Gasteiger partial charge in [0.2, 0.25) is 5.91 Å². The number of amides is 1. The normalized spacial score (nSPS) is 12.4. The summed E-state index contributed by atoms with van der Waals surface area (Å²) < 4.78 is 2.00. The summed E-state index contributed by atoms with van der Waals surface area (Å²) >= 11 is 0. The van der Waals surface area contributed by atoms with Crippen molar-refractivity contribution in [2.75, 3.05) is 6.54 Å². The molecule has 18 heavy (non-hydrogen) atoms. The molecule has 0 spiro atoms. The van der Waals surface area contributed by atoms with E-state index in [1.807, 2.05) is 23.8 Å². The van der Waals surface area contributed by atoms with E-state index < -0.39 is 0 Å². The van der Waals surface area contributed by atoms with Gasteiger partial charge in [-0.1, -0.05) is 13.8 Å². The van der Waals surface area contributed by atoms with Crippen LogP contribution in [0.25, 0.3) is 0 Å². The summed E-state index contributed by atoms with van der Waals surface area (Å²) in [6, 6.07) is 4.29. The van der Waals surface area contributed by atoms with E-state index in [1.165, 1.54) is 0 Å². The van der Waals surface area contributed by atoms with Gasteiger partial charge in [0, 0.05) is 24.5 Å². The summed E-state index contributed by atoms with van der Waals surface area (Å²) in [7, 11) is 0. The van der Waals surface area contributed by atoms with Crippen molar-refractivity contribution in [2.45, 2.75) is 52.7 Å². The molecule has 1 rings (SSSR count). The minimum Gasteiger partial charge on any atom is -0.352 e. The Bertz CT molecular complexity index is 360. The number of hydrogen-bond donors (Lipinski definition) is 2. The Morgan fingerprint density at radius 1 is 1.44 bits per heavy atom. The van der Waals surface area contributed by atoms with Gasteiger partial charge in [-0.15, -0.1) is 0 Å². The molecule has 0 saturated heterocycles. The molecule has 0 aliphatic rings. The fraction of sp³-hybridized carbons (Fsp3) is 0.643. The minimum atomic E-state index is 0.0808. The van der Waals surface area contributed by atoms with Crippen LogP contribution in [0.1, 0.15) is 39.3 Å². The minimum absolute atomic E-state index is 0.0808. The molecule has 1 unspecified atom stereocenters. The van der Waals surface area contributed by atoms with Crippen LogP contribution in [0.15, 0.2) is 18.3 Å². The maximum absolute atomic E-state index is 11.8. The lowest BCUT2D eigenvalue weighted by Crippen LogP contribution is -2.35. The molecule has 1 aromatic heterocycles. The van der Waals surface area contributed by atoms with Crippen molar-refractivity contribution < 1.29 is 4.79 Å². The number of carbonyl (C=O) groups is 1. The van der Waals surface area contributed by atoms with Crippen LogP contribution in [-0.4, -0.2) is 23.1 Å². The number of hydrogen-bond acceptors (Lipinski definition) is 2. The summed E-state index contributed by atoms with van der Waals surface area (Å²) in [4.78, 5) is 11.8. The smallest absolute Gasteiger partial charge is 0.240 e. The van der Waals surface area contributed by atoms with Crippen molar-refractivity contribution in [1.82, 2.24) is 15.2 Å². The van der Waals surface area contributed by atoms with E-state index in [4.69, 9.17) is 0 Å². The first-order chi connectivity index (χ1) is 8.67. The average Bonchev–Trinajstić information content (AvgIpc) is 2.76. The van der Waals surface area contributed by atoms with Crippen LogP contribution < -0.4 is 10.6 Å². The van der Waals surface area contributed by atoms with Crippen molar-refractivity contribution in [3.8, 4) is 0 Å². The first kappa shape index (κ1) is 14.8. The van der Waals surface area contributed by atoms with Gasteiger partial charge in [-0.05, 0) is 38.4 Å². The van der Waals surface area contributed by atoms with E-state index in [2.05, 4.69) is 30.5 Å². The second-order valence-electron chi connectivity index (χ2n) is 4.68. The molecule has 0 bridgehead atoms. The zero-order valence-electron chi connectivity index (χ0n) is 11.7. The molecule has 4 nitrogen and oxygen atoms in total. The number of aromatic nitrogens is 1. The molecule has 102 valence electrons. The molecule has 0 aliphatic heterocycles. The third-order valence-corrected chi connectivity index (χ3v) is 2.99. The topological polar surface area (TPSA) is 46.1 Å². The predicted molar refractivity (Wildman–Crippen MR) is 74.3 cm³/mol. The summed E-state index contributed by atoms with van der Waals surface area (Å²) in [5, 5.41) is 6.33. The Hall–Kier alpha value is -1.29. The van der Waals surface area contributed by atoms with Crippen molar-refractivity contribution in [2.24, 2.45) is 0 Å². The van der Waals surface area contributed by atoms with Crippen molar-refractivity contribution in [1.29, 1.82) is 0 Å². The molecule has 1 aromatic rings. The molecular weight excluding hydrogens is 226 g/mol. The second kappa shape index (κ2) is 7.93. The maximum Gasteiger partial charge on any atom is 0.240 e. The molecule has 0 saturated carbocycles. The van der Waals surface area contributed by atoms with Gasteiger partial charge in [-0.25, -0.2) is 0 Å². The largest absolute Gasteiger partial charge is 0.352 e. The monoisotopic (exact) mass is 251 g/mol. The molecule has 1 atom stereocenters. The van der Waals surface area contributed by atoms with Gasteiger partial charge in [0.1, 0.15) is 6.54 Å². The standard InChI is InChI=1S/C14H25N3O/c1-4-8-15-10-13-7-6-9-17(13)11-14(18)16-12(3)5-2/h6-7,9,12,15H,4-5,8,10-11H2,1-3H3,(H,16,18). The highest BCUT2D eigenvalue weighted by Gasteiger charge is 2.08. The summed E-state index contributed by atoms with van der Waals surface area (Å²) in [6.07, 6.45) is 4.04. The Balaban J connectivity index is 2.46. The van der Waals surface area contributed by atoms with Gasteiger partial charge in [-0.2, -0.15) is 0 Å². The Kier molecular flexibility index (Phi) is 6.50. The summed E-state index contributed by atoms with van der Waals surface area (Å²) in [6.45, 7) is 8.46. The van der Waals surface area contributed by atoms with Crippen LogP contribution in [0.5, 0.6) is 0 Å². The van der Waals surface area contributed by atoms with Gasteiger partial charge in [0.25, 0.3) is 0 Å². The number of rotatable bonds is 8. The number of nitrogens with zero attached hydrogens (tertiary/aromatic N) is 1. The van der Waals surface area contributed by atoms with Gasteiger partial charge in [0.05, 0.1) is 0 Å². The van der Waals surface area contributed by atoms with Crippen LogP contribution in [0, 0.1) is 0 Å². The van der Waals surface area contributed by atoms with E-state index in [0.29, 0.717) is 6.54 Å². The third-order valence-electron chi connectivity index (χ3n) is 2.99. The van der Waals surface area contributed by atoms with Gasteiger partial charge < -0.3 is 15.2 Å². The van der Waals surface area contributed by atoms with Crippen LogP contribution in [-0.2, 0) is 17.9 Å². The Morgan fingerprint density at radius 2 is 2.22 bits per heavy atom. The van der Waals surface area contributed by atoms with Crippen molar-refractivity contribution in [3.63, 3.8) is 0 Å². The zero-order chi connectivity index (χ0) is 13.4. The fourth-order valence-electron chi connectivity index (χ4n) is 1.73.